The van der Waals surface area contributed by atoms with Crippen LogP contribution in [0.3, 0.4) is 0 Å². The summed E-state index contributed by atoms with van der Waals surface area (Å²) < 4.78 is 14.7. The zero-order valence-electron chi connectivity index (χ0n) is 10.8. The normalized spacial score (nSPS) is 19.9. The fourth-order valence-electron chi connectivity index (χ4n) is 2.14. The van der Waals surface area contributed by atoms with Crippen molar-refractivity contribution in [2.24, 2.45) is 10.7 Å². The van der Waals surface area contributed by atoms with Crippen molar-refractivity contribution < 1.29 is 14.1 Å². The first-order valence-corrected chi connectivity index (χ1v) is 7.23. The number of halogens is 2. The Morgan fingerprint density at radius 2 is 2.33 bits per heavy atom. The van der Waals surface area contributed by atoms with Crippen molar-refractivity contribution in [3.05, 3.63) is 51.4 Å². The first-order chi connectivity index (χ1) is 10.0. The van der Waals surface area contributed by atoms with Gasteiger partial charge in [-0.25, -0.2) is 14.3 Å². The van der Waals surface area contributed by atoms with Crippen molar-refractivity contribution in [3.8, 4) is 0 Å². The molecule has 0 aliphatic carbocycles. The number of anilines is 1. The number of amides is 1. The van der Waals surface area contributed by atoms with Gasteiger partial charge in [0.25, 0.3) is 5.91 Å². The Kier molecular flexibility index (Phi) is 3.64. The second-order valence-electron chi connectivity index (χ2n) is 4.60. The molecule has 3 rings (SSSR count). The number of benzene rings is 1. The minimum atomic E-state index is -0.583. The molecule has 6 nitrogen and oxygen atoms in total. The molecule has 1 atom stereocenters. The molecule has 0 spiro atoms. The Bertz CT molecular complexity index is 700. The van der Waals surface area contributed by atoms with Gasteiger partial charge in [0.1, 0.15) is 18.6 Å². The highest BCUT2D eigenvalue weighted by molar-refractivity contribution is 14.1. The van der Waals surface area contributed by atoms with E-state index < -0.39 is 11.7 Å². The van der Waals surface area contributed by atoms with Gasteiger partial charge in [0.05, 0.1) is 11.9 Å². The molecule has 2 heterocycles. The molecule has 2 aliphatic heterocycles. The molecule has 1 amide bonds. The SMILES string of the molecule is NC(=O)C1=C[NH+]2C=NC=C2CN1Nc1ccc(I)cc1F. The second kappa shape index (κ2) is 5.45. The van der Waals surface area contributed by atoms with E-state index in [1.165, 1.54) is 11.1 Å². The van der Waals surface area contributed by atoms with E-state index >= 15 is 0 Å². The van der Waals surface area contributed by atoms with Crippen LogP contribution in [0.1, 0.15) is 0 Å². The molecule has 1 aromatic carbocycles. The third-order valence-corrected chi connectivity index (χ3v) is 3.84. The fraction of sp³-hybridized carbons (Fsp3) is 0.0769. The predicted octanol–water partition coefficient (Wildman–Crippen LogP) is 0.168. The predicted molar refractivity (Wildman–Crippen MR) is 84.3 cm³/mol. The summed E-state index contributed by atoms with van der Waals surface area (Å²) in [6.07, 6.45) is 5.02. The molecule has 0 fully saturated rings. The van der Waals surface area contributed by atoms with Gasteiger partial charge < -0.3 is 5.73 Å². The standard InChI is InChI=1S/C13H11FIN5O/c14-10-3-8(15)1-2-11(10)18-20-5-9-4-17-7-19(9)6-12(20)13(16)21/h1-4,6-7,18H,5H2,(H2,16,21)/p+1. The van der Waals surface area contributed by atoms with Crippen molar-refractivity contribution in [2.75, 3.05) is 12.0 Å². The largest absolute Gasteiger partial charge is 0.364 e. The number of fused-ring (bicyclic) bond motifs is 1. The van der Waals surface area contributed by atoms with Crippen molar-refractivity contribution in [1.82, 2.24) is 5.01 Å². The Morgan fingerprint density at radius 3 is 3.05 bits per heavy atom. The first-order valence-electron chi connectivity index (χ1n) is 6.15. The molecule has 0 saturated heterocycles. The van der Waals surface area contributed by atoms with Crippen molar-refractivity contribution in [2.45, 2.75) is 0 Å². The number of carbonyl (C=O) groups excluding carboxylic acids is 1. The van der Waals surface area contributed by atoms with E-state index in [2.05, 4.69) is 10.4 Å². The van der Waals surface area contributed by atoms with Crippen LogP contribution in [0.2, 0.25) is 0 Å². The Morgan fingerprint density at radius 1 is 1.52 bits per heavy atom. The van der Waals surface area contributed by atoms with Crippen LogP contribution in [-0.4, -0.2) is 23.8 Å². The Labute approximate surface area is 133 Å². The lowest BCUT2D eigenvalue weighted by Crippen LogP contribution is -3.05. The summed E-state index contributed by atoms with van der Waals surface area (Å²) in [6, 6.07) is 4.81. The zero-order valence-corrected chi connectivity index (χ0v) is 13.0. The number of nitrogens with zero attached hydrogens (tertiary/aromatic N) is 2. The molecule has 0 radical (unpaired) electrons. The summed E-state index contributed by atoms with van der Waals surface area (Å²) in [5, 5.41) is 1.53. The number of aliphatic imine (C=N–C) groups is 1. The molecule has 21 heavy (non-hydrogen) atoms. The summed E-state index contributed by atoms with van der Waals surface area (Å²) in [7, 11) is 0. The molecule has 0 bridgehead atoms. The number of nitrogens with one attached hydrogen (secondary N) is 2. The molecule has 0 aromatic heterocycles. The zero-order chi connectivity index (χ0) is 15.0. The molecule has 0 saturated carbocycles. The number of nitrogens with two attached hydrogens (primary N) is 1. The lowest BCUT2D eigenvalue weighted by Gasteiger charge is -2.30. The van der Waals surface area contributed by atoms with Crippen LogP contribution in [0, 0.1) is 9.39 Å². The van der Waals surface area contributed by atoms with Crippen LogP contribution in [0.5, 0.6) is 0 Å². The first kappa shape index (κ1) is 14.0. The molecule has 8 heteroatoms. The van der Waals surface area contributed by atoms with E-state index in [9.17, 15) is 9.18 Å². The van der Waals surface area contributed by atoms with Crippen LogP contribution in [-0.2, 0) is 4.79 Å². The number of quaternary nitrogens is 1. The molecule has 2 aliphatic rings. The van der Waals surface area contributed by atoms with Gasteiger partial charge in [0.2, 0.25) is 0 Å². The molecule has 1 aromatic rings. The van der Waals surface area contributed by atoms with E-state index in [-0.39, 0.29) is 11.4 Å². The van der Waals surface area contributed by atoms with Gasteiger partial charge in [0.15, 0.2) is 17.7 Å². The topological polar surface area (TPSA) is 75.2 Å². The summed E-state index contributed by atoms with van der Waals surface area (Å²) in [5.41, 5.74) is 9.79. The highest BCUT2D eigenvalue weighted by Gasteiger charge is 2.31. The van der Waals surface area contributed by atoms with Gasteiger partial charge in [-0.15, -0.1) is 0 Å². The van der Waals surface area contributed by atoms with E-state index in [1.54, 1.807) is 30.9 Å². The van der Waals surface area contributed by atoms with Gasteiger partial charge in [-0.1, -0.05) is 0 Å². The van der Waals surface area contributed by atoms with Crippen molar-refractivity contribution in [3.63, 3.8) is 0 Å². The monoisotopic (exact) mass is 400 g/mol. The third kappa shape index (κ3) is 2.76. The van der Waals surface area contributed by atoms with Gasteiger partial charge in [-0.2, -0.15) is 0 Å². The molecular formula is C13H12FIN5O+. The van der Waals surface area contributed by atoms with E-state index in [1.807, 2.05) is 22.6 Å². The lowest BCUT2D eigenvalue weighted by molar-refractivity contribution is -0.694. The van der Waals surface area contributed by atoms with Gasteiger partial charge in [0, 0.05) is 3.57 Å². The summed E-state index contributed by atoms with van der Waals surface area (Å²) in [4.78, 5) is 16.5. The lowest BCUT2D eigenvalue weighted by atomic mass is 10.2. The van der Waals surface area contributed by atoms with E-state index in [0.29, 0.717) is 6.54 Å². The number of hydrazine groups is 1. The highest BCUT2D eigenvalue weighted by Crippen LogP contribution is 2.20. The fourth-order valence-corrected chi connectivity index (χ4v) is 2.59. The van der Waals surface area contributed by atoms with Crippen molar-refractivity contribution in [1.29, 1.82) is 0 Å². The van der Waals surface area contributed by atoms with Gasteiger partial charge >= 0.3 is 0 Å². The van der Waals surface area contributed by atoms with Crippen LogP contribution < -0.4 is 16.1 Å². The highest BCUT2D eigenvalue weighted by atomic mass is 127. The molecule has 4 N–H and O–H groups in total. The maximum atomic E-state index is 13.9. The number of rotatable bonds is 3. The summed E-state index contributed by atoms with van der Waals surface area (Å²) >= 11 is 2.03. The van der Waals surface area contributed by atoms with E-state index in [0.717, 1.165) is 14.2 Å². The van der Waals surface area contributed by atoms with Gasteiger partial charge in [-0.3, -0.25) is 15.2 Å². The van der Waals surface area contributed by atoms with Crippen LogP contribution >= 0.6 is 22.6 Å². The van der Waals surface area contributed by atoms with Crippen LogP contribution in [0.25, 0.3) is 0 Å². The number of carbonyl (C=O) groups is 1. The maximum Gasteiger partial charge on any atom is 0.272 e. The average Bonchev–Trinajstić information content (AvgIpc) is 2.88. The van der Waals surface area contributed by atoms with Crippen LogP contribution in [0.4, 0.5) is 10.1 Å². The maximum absolute atomic E-state index is 13.9. The Balaban J connectivity index is 1.90. The third-order valence-electron chi connectivity index (χ3n) is 3.17. The Hall–Kier alpha value is -1.94. The van der Waals surface area contributed by atoms with Crippen molar-refractivity contribution >= 4 is 40.5 Å². The second-order valence-corrected chi connectivity index (χ2v) is 5.85. The number of primary amides is 1. The number of hydrogen-bond acceptors (Lipinski definition) is 4. The smallest absolute Gasteiger partial charge is 0.272 e. The van der Waals surface area contributed by atoms with Gasteiger partial charge in [-0.05, 0) is 40.8 Å². The quantitative estimate of drug-likeness (QED) is 0.634. The summed E-state index contributed by atoms with van der Waals surface area (Å²) in [6.45, 7) is 0.384. The van der Waals surface area contributed by atoms with Crippen LogP contribution in [0.15, 0.2) is 47.0 Å². The molecule has 1 unspecified atom stereocenters. The number of hydrogen-bond donors (Lipinski definition) is 3. The van der Waals surface area contributed by atoms with E-state index in [4.69, 9.17) is 5.73 Å². The average molecular weight is 400 g/mol. The molecular weight excluding hydrogens is 388 g/mol. The molecule has 108 valence electrons. The summed E-state index contributed by atoms with van der Waals surface area (Å²) in [5.74, 6) is -0.975. The minimum Gasteiger partial charge on any atom is -0.364 e. The minimum absolute atomic E-state index is 0.272.